The van der Waals surface area contributed by atoms with Gasteiger partial charge in [-0.2, -0.15) is 0 Å². The number of hydrogen-bond donors (Lipinski definition) is 0. The van der Waals surface area contributed by atoms with Crippen LogP contribution < -0.4 is 0 Å². The van der Waals surface area contributed by atoms with Crippen LogP contribution in [-0.4, -0.2) is 64.0 Å². The van der Waals surface area contributed by atoms with Gasteiger partial charge in [0.25, 0.3) is 6.48 Å². The number of rotatable bonds is 12. The molecule has 0 amide bonds. The molecular formula is C13H22O9. The van der Waals surface area contributed by atoms with Crippen LogP contribution in [0.25, 0.3) is 0 Å². The molecular weight excluding hydrogens is 300 g/mol. The fraction of sp³-hybridized carbons (Fsp3) is 0.769. The number of carbonyl (C=O) groups excluding carboxylic acids is 3. The summed E-state index contributed by atoms with van der Waals surface area (Å²) >= 11 is 0. The highest BCUT2D eigenvalue weighted by Crippen LogP contribution is 2.00. The van der Waals surface area contributed by atoms with E-state index in [0.717, 1.165) is 0 Å². The molecule has 0 spiro atoms. The minimum absolute atomic E-state index is 0.195. The minimum Gasteiger partial charge on any atom is -0.464 e. The van der Waals surface area contributed by atoms with E-state index >= 15 is 0 Å². The molecule has 0 aromatic carbocycles. The van der Waals surface area contributed by atoms with Crippen molar-refractivity contribution < 1.29 is 42.8 Å². The Kier molecular flexibility index (Phi) is 12.0. The van der Waals surface area contributed by atoms with Gasteiger partial charge in [0.2, 0.25) is 0 Å². The summed E-state index contributed by atoms with van der Waals surface area (Å²) in [6, 6.07) is 0. The highest BCUT2D eigenvalue weighted by Gasteiger charge is 2.17. The summed E-state index contributed by atoms with van der Waals surface area (Å²) in [5.74, 6) is -1.90. The molecule has 0 unspecified atom stereocenters. The van der Waals surface area contributed by atoms with Crippen molar-refractivity contribution in [3.8, 4) is 0 Å². The van der Waals surface area contributed by atoms with E-state index < -0.39 is 44.2 Å². The molecule has 128 valence electrons. The smallest absolute Gasteiger partial charge is 0.332 e. The average Bonchev–Trinajstić information content (AvgIpc) is 2.47. The molecule has 0 saturated carbocycles. The number of hydrogen-bond acceptors (Lipinski definition) is 9. The largest absolute Gasteiger partial charge is 0.464 e. The Hall–Kier alpha value is -1.71. The van der Waals surface area contributed by atoms with Crippen molar-refractivity contribution in [2.24, 2.45) is 0 Å². The Labute approximate surface area is 128 Å². The highest BCUT2D eigenvalue weighted by atomic mass is 16.8. The molecule has 0 fully saturated rings. The Bertz CT molecular complexity index is 290. The summed E-state index contributed by atoms with van der Waals surface area (Å²) in [6.45, 7) is 2.75. The first-order valence-electron chi connectivity index (χ1n) is 6.85. The highest BCUT2D eigenvalue weighted by molar-refractivity contribution is 5.71. The predicted molar refractivity (Wildman–Crippen MR) is 71.5 cm³/mol. The van der Waals surface area contributed by atoms with Gasteiger partial charge in [-0.05, 0) is 20.8 Å². The molecule has 0 atom stereocenters. The Balaban J connectivity index is 4.26. The van der Waals surface area contributed by atoms with Gasteiger partial charge in [0.1, 0.15) is 19.8 Å². The van der Waals surface area contributed by atoms with Crippen LogP contribution in [0, 0.1) is 0 Å². The van der Waals surface area contributed by atoms with Crippen LogP contribution in [0.3, 0.4) is 0 Å². The zero-order chi connectivity index (χ0) is 16.8. The van der Waals surface area contributed by atoms with E-state index in [0.29, 0.717) is 0 Å². The van der Waals surface area contributed by atoms with Crippen molar-refractivity contribution in [1.82, 2.24) is 0 Å². The third-order valence-corrected chi connectivity index (χ3v) is 1.93. The molecule has 0 bridgehead atoms. The minimum atomic E-state index is -1.40. The molecule has 9 heteroatoms. The van der Waals surface area contributed by atoms with Crippen LogP contribution in [0.1, 0.15) is 20.8 Å². The third kappa shape index (κ3) is 11.0. The van der Waals surface area contributed by atoms with Crippen molar-refractivity contribution in [2.45, 2.75) is 27.2 Å². The summed E-state index contributed by atoms with van der Waals surface area (Å²) in [7, 11) is 0. The maximum Gasteiger partial charge on any atom is 0.332 e. The van der Waals surface area contributed by atoms with Gasteiger partial charge in [-0.1, -0.05) is 0 Å². The van der Waals surface area contributed by atoms with E-state index in [9.17, 15) is 14.4 Å². The summed E-state index contributed by atoms with van der Waals surface area (Å²) in [4.78, 5) is 33.6. The van der Waals surface area contributed by atoms with Gasteiger partial charge in [0.05, 0.1) is 19.8 Å². The third-order valence-electron chi connectivity index (χ3n) is 1.93. The van der Waals surface area contributed by atoms with Crippen molar-refractivity contribution >= 4 is 17.9 Å². The topological polar surface area (TPSA) is 107 Å². The number of esters is 3. The first-order valence-corrected chi connectivity index (χ1v) is 6.85. The van der Waals surface area contributed by atoms with Gasteiger partial charge in [-0.25, -0.2) is 14.4 Å². The molecule has 0 aliphatic rings. The van der Waals surface area contributed by atoms with E-state index in [1.165, 1.54) is 0 Å². The molecule has 22 heavy (non-hydrogen) atoms. The van der Waals surface area contributed by atoms with E-state index in [2.05, 4.69) is 14.2 Å². The zero-order valence-electron chi connectivity index (χ0n) is 13.0. The van der Waals surface area contributed by atoms with Gasteiger partial charge in [-0.3, -0.25) is 0 Å². The first-order chi connectivity index (χ1) is 10.5. The fourth-order valence-electron chi connectivity index (χ4n) is 1.16. The lowest BCUT2D eigenvalue weighted by Crippen LogP contribution is -2.30. The molecule has 0 N–H and O–H groups in total. The van der Waals surface area contributed by atoms with Crippen molar-refractivity contribution in [2.75, 3.05) is 39.6 Å². The van der Waals surface area contributed by atoms with Crippen molar-refractivity contribution in [3.63, 3.8) is 0 Å². The van der Waals surface area contributed by atoms with Crippen LogP contribution in [0.2, 0.25) is 0 Å². The quantitative estimate of drug-likeness (QED) is 0.279. The van der Waals surface area contributed by atoms with E-state index in [-0.39, 0.29) is 19.8 Å². The SMILES string of the molecule is CCOC(=O)COC(OCC(=O)OCC)OCC(=O)OCC. The lowest BCUT2D eigenvalue weighted by molar-refractivity contribution is -0.286. The molecule has 0 aromatic heterocycles. The van der Waals surface area contributed by atoms with Crippen LogP contribution in [0.4, 0.5) is 0 Å². The summed E-state index contributed by atoms with van der Waals surface area (Å²) in [6.07, 6.45) is 0. The van der Waals surface area contributed by atoms with Crippen LogP contribution >= 0.6 is 0 Å². The van der Waals surface area contributed by atoms with Crippen LogP contribution in [-0.2, 0) is 42.8 Å². The van der Waals surface area contributed by atoms with E-state index in [4.69, 9.17) is 14.2 Å². The van der Waals surface area contributed by atoms with E-state index in [1.54, 1.807) is 20.8 Å². The van der Waals surface area contributed by atoms with Gasteiger partial charge >= 0.3 is 17.9 Å². The fourth-order valence-corrected chi connectivity index (χ4v) is 1.16. The molecule has 9 nitrogen and oxygen atoms in total. The summed E-state index contributed by atoms with van der Waals surface area (Å²) in [5, 5.41) is 0. The van der Waals surface area contributed by atoms with Crippen molar-refractivity contribution in [3.05, 3.63) is 0 Å². The molecule has 0 aromatic rings. The molecule has 0 radical (unpaired) electrons. The number of carbonyl (C=O) groups is 3. The van der Waals surface area contributed by atoms with Crippen LogP contribution in [0.15, 0.2) is 0 Å². The Morgan fingerprint density at radius 3 is 1.14 bits per heavy atom. The molecule has 0 saturated heterocycles. The Morgan fingerprint density at radius 2 is 0.909 bits per heavy atom. The summed E-state index contributed by atoms with van der Waals surface area (Å²) in [5.41, 5.74) is 0. The van der Waals surface area contributed by atoms with Gasteiger partial charge in [-0.15, -0.1) is 0 Å². The van der Waals surface area contributed by atoms with Gasteiger partial charge < -0.3 is 28.4 Å². The Morgan fingerprint density at radius 1 is 0.636 bits per heavy atom. The van der Waals surface area contributed by atoms with E-state index in [1.807, 2.05) is 0 Å². The maximum absolute atomic E-state index is 11.2. The maximum atomic E-state index is 11.2. The standard InChI is InChI=1S/C13H22O9/c1-4-17-10(14)7-20-13(21-8-11(15)18-5-2)22-9-12(16)19-6-3/h13H,4-9H2,1-3H3. The second-order valence-corrected chi connectivity index (χ2v) is 3.64. The molecule has 0 rings (SSSR count). The first kappa shape index (κ1) is 20.3. The normalized spacial score (nSPS) is 10.4. The lowest BCUT2D eigenvalue weighted by Gasteiger charge is -2.17. The van der Waals surface area contributed by atoms with Gasteiger partial charge in [0.15, 0.2) is 0 Å². The monoisotopic (exact) mass is 322 g/mol. The lowest BCUT2D eigenvalue weighted by atomic mass is 10.7. The second kappa shape index (κ2) is 13.0. The average molecular weight is 322 g/mol. The van der Waals surface area contributed by atoms with Gasteiger partial charge in [0, 0.05) is 0 Å². The number of ether oxygens (including phenoxy) is 6. The predicted octanol–water partition coefficient (Wildman–Crippen LogP) is 0.00910. The molecule has 0 aliphatic carbocycles. The molecule has 0 heterocycles. The van der Waals surface area contributed by atoms with Crippen LogP contribution in [0.5, 0.6) is 0 Å². The summed E-state index contributed by atoms with van der Waals surface area (Å²) < 4.78 is 28.9. The zero-order valence-corrected chi connectivity index (χ0v) is 13.0. The molecule has 0 aliphatic heterocycles. The van der Waals surface area contributed by atoms with Crippen molar-refractivity contribution in [1.29, 1.82) is 0 Å². The second-order valence-electron chi connectivity index (χ2n) is 3.64.